The fraction of sp³-hybridized carbons (Fsp3) is 0.421. The molecule has 5 atom stereocenters. The van der Waals surface area contributed by atoms with Crippen LogP contribution in [0.5, 0.6) is 0 Å². The summed E-state index contributed by atoms with van der Waals surface area (Å²) in [5, 5.41) is 18.9. The number of carbonyl (C=O) groups excluding carboxylic acids is 2. The third-order valence-corrected chi connectivity index (χ3v) is 13.2. The van der Waals surface area contributed by atoms with Crippen molar-refractivity contribution in [1.82, 2.24) is 15.0 Å². The molecule has 1 N–H and O–H groups in total. The Balaban J connectivity index is 1.23. The van der Waals surface area contributed by atoms with Gasteiger partial charge in [0.05, 0.1) is 36.6 Å². The molecule has 0 radical (unpaired) electrons. The second-order valence-electron chi connectivity index (χ2n) is 14.2. The zero-order valence-electron chi connectivity index (χ0n) is 28.3. The van der Waals surface area contributed by atoms with Gasteiger partial charge in [-0.1, -0.05) is 72.8 Å². The lowest BCUT2D eigenvalue weighted by molar-refractivity contribution is -0.146. The second-order valence-corrected chi connectivity index (χ2v) is 18.0. The smallest absolute Gasteiger partial charge is 0.264 e. The van der Waals surface area contributed by atoms with Crippen LogP contribution in [0.4, 0.5) is 15.5 Å². The molecule has 9 nitrogen and oxygen atoms in total. The van der Waals surface area contributed by atoms with Crippen molar-refractivity contribution in [3.8, 4) is 0 Å². The molecule has 0 aliphatic carbocycles. The van der Waals surface area contributed by atoms with Gasteiger partial charge >= 0.3 is 0 Å². The number of piperidine rings is 1. The third-order valence-electron chi connectivity index (χ3n) is 10.7. The second kappa shape index (κ2) is 13.3. The van der Waals surface area contributed by atoms with E-state index < -0.39 is 31.6 Å². The Hall–Kier alpha value is -4.19. The first kappa shape index (κ1) is 33.3. The summed E-state index contributed by atoms with van der Waals surface area (Å²) in [4.78, 5) is 31.4. The van der Waals surface area contributed by atoms with Crippen molar-refractivity contribution < 1.29 is 23.5 Å². The number of amides is 2. The highest BCUT2D eigenvalue weighted by Gasteiger charge is 2.66. The fourth-order valence-corrected chi connectivity index (χ4v) is 10.9. The summed E-state index contributed by atoms with van der Waals surface area (Å²) in [6.07, 6.45) is 3.99. The van der Waals surface area contributed by atoms with E-state index >= 15 is 4.11 Å². The van der Waals surface area contributed by atoms with Crippen molar-refractivity contribution in [1.29, 1.82) is 0 Å². The van der Waals surface area contributed by atoms with Crippen molar-refractivity contribution in [2.45, 2.75) is 82.0 Å². The number of benzene rings is 3. The molecular weight excluding hydrogens is 638 g/mol. The van der Waals surface area contributed by atoms with E-state index in [9.17, 15) is 14.7 Å². The number of anilines is 2. The molecule has 7 rings (SSSR count). The summed E-state index contributed by atoms with van der Waals surface area (Å²) < 4.78 is 25.2. The van der Waals surface area contributed by atoms with Gasteiger partial charge in [-0.05, 0) is 61.7 Å². The molecule has 2 amide bonds. The van der Waals surface area contributed by atoms with E-state index in [2.05, 4.69) is 10.3 Å². The lowest BCUT2D eigenvalue weighted by Gasteiger charge is -2.32. The number of aliphatic hydroxyl groups excluding tert-OH is 1. The maximum atomic E-state index is 16.5. The Kier molecular flexibility index (Phi) is 9.01. The molecule has 2 saturated heterocycles. The predicted molar refractivity (Wildman–Crippen MR) is 188 cm³/mol. The summed E-state index contributed by atoms with van der Waals surface area (Å²) in [6.45, 7) is 6.65. The summed E-state index contributed by atoms with van der Waals surface area (Å²) in [5.41, 5.74) is 2.90. The largest absolute Gasteiger partial charge is 0.395 e. The van der Waals surface area contributed by atoms with Crippen LogP contribution >= 0.6 is 0 Å². The Bertz CT molecular complexity index is 1820. The molecule has 2 fully saturated rings. The third kappa shape index (κ3) is 6.02. The molecule has 1 aromatic heterocycles. The van der Waals surface area contributed by atoms with E-state index in [-0.39, 0.29) is 24.3 Å². The highest BCUT2D eigenvalue weighted by molar-refractivity contribution is 6.72. The van der Waals surface area contributed by atoms with Crippen LogP contribution in [0, 0.1) is 5.92 Å². The molecule has 3 aromatic carbocycles. The van der Waals surface area contributed by atoms with Gasteiger partial charge in [-0.3, -0.25) is 14.3 Å². The Morgan fingerprint density at radius 2 is 1.78 bits per heavy atom. The quantitative estimate of drug-likeness (QED) is 0.155. The molecule has 4 heterocycles. The molecule has 256 valence electrons. The van der Waals surface area contributed by atoms with Gasteiger partial charge in [-0.2, -0.15) is 0 Å². The highest BCUT2D eigenvalue weighted by atomic mass is 28.4. The number of nitrogens with zero attached hydrogens (tertiary/aromatic N) is 5. The number of ether oxygens (including phenoxy) is 1. The average Bonchev–Trinajstić information content (AvgIpc) is 3.75. The molecule has 1 spiro atoms. The molecule has 1 unspecified atom stereocenters. The number of rotatable bonds is 10. The molecule has 4 aromatic rings. The van der Waals surface area contributed by atoms with E-state index in [1.54, 1.807) is 22.7 Å². The SMILES string of the molecule is C[C@H]1[C@H]([Si](C)(C)F)[C@@H](CCn2cc(C(CO)c3ccccc3)nn2)O[C@]12C(=O)N(Cc1ccccc1)c1ccc(N3CCCCC3=O)cc12. The van der Waals surface area contributed by atoms with Crippen molar-refractivity contribution in [2.24, 2.45) is 5.92 Å². The Labute approximate surface area is 287 Å². The van der Waals surface area contributed by atoms with Crippen LogP contribution in [-0.2, 0) is 33.0 Å². The molecule has 49 heavy (non-hydrogen) atoms. The minimum Gasteiger partial charge on any atom is -0.395 e. The van der Waals surface area contributed by atoms with E-state index in [1.807, 2.05) is 96.9 Å². The van der Waals surface area contributed by atoms with Crippen molar-refractivity contribution in [3.05, 3.63) is 107 Å². The Morgan fingerprint density at radius 3 is 2.47 bits per heavy atom. The highest BCUT2D eigenvalue weighted by Crippen LogP contribution is 2.60. The first-order chi connectivity index (χ1) is 23.6. The summed E-state index contributed by atoms with van der Waals surface area (Å²) in [5.74, 6) is -0.882. The number of aliphatic hydroxyl groups is 1. The normalized spacial score (nSPS) is 24.6. The molecule has 3 aliphatic rings. The number of hydrogen-bond donors (Lipinski definition) is 1. The van der Waals surface area contributed by atoms with Gasteiger partial charge in [0.15, 0.2) is 5.60 Å². The van der Waals surface area contributed by atoms with Gasteiger partial charge in [0.1, 0.15) is 0 Å². The molecule has 0 bridgehead atoms. The van der Waals surface area contributed by atoms with Gasteiger partial charge in [0.25, 0.3) is 5.91 Å². The predicted octanol–water partition coefficient (Wildman–Crippen LogP) is 6.33. The number of aromatic nitrogens is 3. The maximum absolute atomic E-state index is 16.5. The average molecular weight is 682 g/mol. The van der Waals surface area contributed by atoms with Crippen LogP contribution in [-0.4, -0.2) is 59.6 Å². The minimum absolute atomic E-state index is 0.0714. The Morgan fingerprint density at radius 1 is 1.04 bits per heavy atom. The summed E-state index contributed by atoms with van der Waals surface area (Å²) >= 11 is 0. The summed E-state index contributed by atoms with van der Waals surface area (Å²) in [6, 6.07) is 25.3. The van der Waals surface area contributed by atoms with Crippen LogP contribution in [0.1, 0.15) is 60.9 Å². The van der Waals surface area contributed by atoms with Crippen LogP contribution in [0.25, 0.3) is 0 Å². The molecule has 11 heteroatoms. The number of carbonyl (C=O) groups is 2. The van der Waals surface area contributed by atoms with Gasteiger partial charge in [-0.25, -0.2) is 0 Å². The van der Waals surface area contributed by atoms with Crippen LogP contribution in [0.3, 0.4) is 0 Å². The zero-order chi connectivity index (χ0) is 34.3. The fourth-order valence-electron chi connectivity index (χ4n) is 8.37. The van der Waals surface area contributed by atoms with E-state index in [0.717, 1.165) is 35.3 Å². The number of fused-ring (bicyclic) bond motifs is 2. The maximum Gasteiger partial charge on any atom is 0.264 e. The molecule has 0 saturated carbocycles. The number of hydrogen-bond acceptors (Lipinski definition) is 6. The van der Waals surface area contributed by atoms with Crippen LogP contribution in [0.15, 0.2) is 85.1 Å². The standard InChI is InChI=1S/C38H44FN5O4Si/c1-26-36(49(2,3)39)34(19-21-42-24-32(40-41-42)30(25-45)28-14-8-5-9-15-28)48-38(26)31-22-29(43-20-11-10-16-35(43)46)17-18-33(31)44(37(38)47)23-27-12-6-4-7-13-27/h4-9,12-15,17-18,22,24,26,30,34,36,45H,10-11,16,19-21,23,25H2,1-3H3/t26-,30?,34+,36-,38+/m0/s1. The van der Waals surface area contributed by atoms with Gasteiger partial charge in [0, 0.05) is 48.4 Å². The van der Waals surface area contributed by atoms with Crippen LogP contribution in [0.2, 0.25) is 18.6 Å². The first-order valence-electron chi connectivity index (χ1n) is 17.3. The van der Waals surface area contributed by atoms with E-state index in [0.29, 0.717) is 43.7 Å². The van der Waals surface area contributed by atoms with E-state index in [4.69, 9.17) is 4.74 Å². The minimum atomic E-state index is -3.39. The van der Waals surface area contributed by atoms with Crippen molar-refractivity contribution >= 4 is 31.6 Å². The van der Waals surface area contributed by atoms with Crippen molar-refractivity contribution in [3.63, 3.8) is 0 Å². The van der Waals surface area contributed by atoms with Crippen molar-refractivity contribution in [2.75, 3.05) is 23.0 Å². The van der Waals surface area contributed by atoms with Crippen LogP contribution < -0.4 is 9.80 Å². The van der Waals surface area contributed by atoms with Gasteiger partial charge in [-0.15, -0.1) is 5.10 Å². The first-order valence-corrected chi connectivity index (χ1v) is 20.3. The molecular formula is C38H44FN5O4Si. The summed E-state index contributed by atoms with van der Waals surface area (Å²) in [7, 11) is -3.39. The zero-order valence-corrected chi connectivity index (χ0v) is 29.3. The topological polar surface area (TPSA) is 101 Å². The number of halogens is 1. The lowest BCUT2D eigenvalue weighted by Crippen LogP contribution is -2.45. The monoisotopic (exact) mass is 681 g/mol. The van der Waals surface area contributed by atoms with Gasteiger partial charge < -0.3 is 23.8 Å². The number of aryl methyl sites for hydroxylation is 1. The molecule has 3 aliphatic heterocycles. The van der Waals surface area contributed by atoms with Gasteiger partial charge in [0.2, 0.25) is 14.3 Å². The lowest BCUT2D eigenvalue weighted by atomic mass is 9.82. The van der Waals surface area contributed by atoms with E-state index in [1.165, 1.54) is 0 Å².